The van der Waals surface area contributed by atoms with Crippen LogP contribution >= 0.6 is 11.3 Å². The van der Waals surface area contributed by atoms with E-state index in [1.807, 2.05) is 6.07 Å². The summed E-state index contributed by atoms with van der Waals surface area (Å²) < 4.78 is 11.2. The van der Waals surface area contributed by atoms with E-state index in [2.05, 4.69) is 20.8 Å². The molecule has 2 amide bonds. The second-order valence-corrected chi connectivity index (χ2v) is 8.84. The van der Waals surface area contributed by atoms with Gasteiger partial charge in [-0.1, -0.05) is 0 Å². The van der Waals surface area contributed by atoms with Gasteiger partial charge in [-0.2, -0.15) is 0 Å². The zero-order valence-corrected chi connectivity index (χ0v) is 16.6. The topological polar surface area (TPSA) is 102 Å². The Bertz CT molecular complexity index is 805. The van der Waals surface area contributed by atoms with Gasteiger partial charge in [-0.15, -0.1) is 21.5 Å². The molecule has 2 rings (SSSR count). The maximum atomic E-state index is 11.8. The molecule has 0 aliphatic carbocycles. The lowest BCUT2D eigenvalue weighted by Gasteiger charge is -2.19. The monoisotopic (exact) mass is 380 g/mol. The number of fused-ring (bicyclic) bond motifs is 1. The van der Waals surface area contributed by atoms with Crippen LogP contribution in [0.2, 0.25) is 0 Å². The number of nitrogens with zero attached hydrogens (tertiary/aromatic N) is 2. The maximum Gasteiger partial charge on any atom is 0.413 e. The summed E-state index contributed by atoms with van der Waals surface area (Å²) in [5.41, 5.74) is -0.450. The van der Waals surface area contributed by atoms with Crippen molar-refractivity contribution in [3.8, 4) is 0 Å². The first-order valence-electron chi connectivity index (χ1n) is 8.14. The third kappa shape index (κ3) is 6.47. The molecule has 0 aliphatic rings. The third-order valence-corrected chi connectivity index (χ3v) is 3.83. The van der Waals surface area contributed by atoms with Crippen LogP contribution in [0, 0.1) is 0 Å². The van der Waals surface area contributed by atoms with Gasteiger partial charge >= 0.3 is 12.2 Å². The van der Waals surface area contributed by atoms with Gasteiger partial charge in [0.15, 0.2) is 5.82 Å². The van der Waals surface area contributed by atoms with Crippen LogP contribution in [0.3, 0.4) is 0 Å². The van der Waals surface area contributed by atoms with Crippen molar-refractivity contribution in [3.05, 3.63) is 17.0 Å². The number of ether oxygens (including phenoxy) is 2. The number of rotatable bonds is 3. The number of hydrogen-bond donors (Lipinski definition) is 2. The highest BCUT2D eigenvalue weighted by Gasteiger charge is 2.18. The predicted octanol–water partition coefficient (Wildman–Crippen LogP) is 4.06. The van der Waals surface area contributed by atoms with Crippen molar-refractivity contribution in [2.24, 2.45) is 0 Å². The van der Waals surface area contributed by atoms with Gasteiger partial charge in [-0.3, -0.25) is 5.32 Å². The molecule has 0 unspecified atom stereocenters. The lowest BCUT2D eigenvalue weighted by Crippen LogP contribution is -2.31. The summed E-state index contributed by atoms with van der Waals surface area (Å²) in [6, 6.07) is 3.55. The average molecular weight is 380 g/mol. The minimum atomic E-state index is -0.592. The Morgan fingerprint density at radius 3 is 2.23 bits per heavy atom. The number of hydrogen-bond acceptors (Lipinski definition) is 7. The summed E-state index contributed by atoms with van der Waals surface area (Å²) in [6.45, 7) is 11.1. The SMILES string of the molecule is CC(C)(C)OC(=O)NCc1cc2nnc(NC(=O)OC(C)(C)C)cc2s1. The van der Waals surface area contributed by atoms with Crippen molar-refractivity contribution in [3.63, 3.8) is 0 Å². The molecule has 2 aromatic heterocycles. The molecule has 142 valence electrons. The second-order valence-electron chi connectivity index (χ2n) is 7.67. The number of aromatic nitrogens is 2. The van der Waals surface area contributed by atoms with E-state index < -0.39 is 23.4 Å². The summed E-state index contributed by atoms with van der Waals surface area (Å²) >= 11 is 1.45. The summed E-state index contributed by atoms with van der Waals surface area (Å²) in [7, 11) is 0. The van der Waals surface area contributed by atoms with Crippen LogP contribution in [0.15, 0.2) is 12.1 Å². The van der Waals surface area contributed by atoms with Crippen LogP contribution in [0.4, 0.5) is 15.4 Å². The molecule has 2 heterocycles. The summed E-state index contributed by atoms with van der Waals surface area (Å²) in [4.78, 5) is 24.4. The zero-order valence-electron chi connectivity index (χ0n) is 15.8. The van der Waals surface area contributed by atoms with Gasteiger partial charge in [0.05, 0.1) is 11.2 Å². The van der Waals surface area contributed by atoms with Gasteiger partial charge in [0.2, 0.25) is 0 Å². The van der Waals surface area contributed by atoms with Crippen molar-refractivity contribution < 1.29 is 19.1 Å². The molecule has 0 bridgehead atoms. The van der Waals surface area contributed by atoms with Crippen molar-refractivity contribution in [2.75, 3.05) is 5.32 Å². The maximum absolute atomic E-state index is 11.8. The van der Waals surface area contributed by atoms with E-state index in [1.165, 1.54) is 11.3 Å². The van der Waals surface area contributed by atoms with Crippen molar-refractivity contribution >= 4 is 39.6 Å². The molecule has 2 N–H and O–H groups in total. The molecule has 0 aliphatic heterocycles. The minimum Gasteiger partial charge on any atom is -0.444 e. The smallest absolute Gasteiger partial charge is 0.413 e. The highest BCUT2D eigenvalue weighted by molar-refractivity contribution is 7.19. The van der Waals surface area contributed by atoms with E-state index >= 15 is 0 Å². The van der Waals surface area contributed by atoms with Crippen molar-refractivity contribution in [1.29, 1.82) is 0 Å². The van der Waals surface area contributed by atoms with E-state index in [-0.39, 0.29) is 0 Å². The molecule has 0 atom stereocenters. The zero-order chi connectivity index (χ0) is 19.5. The molecular weight excluding hydrogens is 356 g/mol. The van der Waals surface area contributed by atoms with Crippen molar-refractivity contribution in [1.82, 2.24) is 15.5 Å². The predicted molar refractivity (Wildman–Crippen MR) is 100 cm³/mol. The van der Waals surface area contributed by atoms with Crippen LogP contribution in [0.25, 0.3) is 10.2 Å². The van der Waals surface area contributed by atoms with E-state index in [0.29, 0.717) is 17.9 Å². The lowest BCUT2D eigenvalue weighted by molar-refractivity contribution is 0.0523. The van der Waals surface area contributed by atoms with E-state index in [1.54, 1.807) is 47.6 Å². The molecule has 0 radical (unpaired) electrons. The molecule has 0 fully saturated rings. The number of nitrogens with one attached hydrogen (secondary N) is 2. The van der Waals surface area contributed by atoms with Crippen LogP contribution < -0.4 is 10.6 Å². The fourth-order valence-electron chi connectivity index (χ4n) is 1.92. The Kier molecular flexibility index (Phi) is 5.70. The lowest BCUT2D eigenvalue weighted by atomic mass is 10.2. The molecule has 0 saturated heterocycles. The quantitative estimate of drug-likeness (QED) is 0.832. The van der Waals surface area contributed by atoms with Crippen LogP contribution in [-0.4, -0.2) is 33.6 Å². The number of anilines is 1. The number of carbonyl (C=O) groups is 2. The number of carbonyl (C=O) groups excluding carboxylic acids is 2. The fourth-order valence-corrected chi connectivity index (χ4v) is 2.89. The van der Waals surface area contributed by atoms with Crippen LogP contribution in [-0.2, 0) is 16.0 Å². The molecule has 9 heteroatoms. The molecule has 0 spiro atoms. The summed E-state index contributed by atoms with van der Waals surface area (Å²) in [5.74, 6) is 0.306. The summed E-state index contributed by atoms with van der Waals surface area (Å²) in [6.07, 6.45) is -1.07. The van der Waals surface area contributed by atoms with Crippen LogP contribution in [0.5, 0.6) is 0 Å². The molecule has 8 nitrogen and oxygen atoms in total. The van der Waals surface area contributed by atoms with Crippen molar-refractivity contribution in [2.45, 2.75) is 59.3 Å². The first-order chi connectivity index (χ1) is 11.9. The van der Waals surface area contributed by atoms with E-state index in [4.69, 9.17) is 9.47 Å². The number of thiophene rings is 1. The Labute approximate surface area is 156 Å². The van der Waals surface area contributed by atoms with Crippen LogP contribution in [0.1, 0.15) is 46.4 Å². The normalized spacial score (nSPS) is 11.9. The van der Waals surface area contributed by atoms with Gasteiger partial charge in [0.1, 0.15) is 16.7 Å². The molecule has 2 aromatic rings. The number of alkyl carbamates (subject to hydrolysis) is 1. The standard InChI is InChI=1S/C17H24N4O4S/c1-16(2,3)24-14(22)18-9-10-7-11-12(26-10)8-13(21-20-11)19-15(23)25-17(4,5)6/h7-8H,9H2,1-6H3,(H,18,22)(H,19,21,23). The Balaban J connectivity index is 2.00. The van der Waals surface area contributed by atoms with Gasteiger partial charge in [-0.25, -0.2) is 9.59 Å². The molecule has 26 heavy (non-hydrogen) atoms. The first-order valence-corrected chi connectivity index (χ1v) is 8.96. The Morgan fingerprint density at radius 1 is 1.00 bits per heavy atom. The van der Waals surface area contributed by atoms with Gasteiger partial charge in [-0.05, 0) is 47.6 Å². The largest absolute Gasteiger partial charge is 0.444 e. The van der Waals surface area contributed by atoms with Gasteiger partial charge in [0.25, 0.3) is 0 Å². The van der Waals surface area contributed by atoms with Gasteiger partial charge < -0.3 is 14.8 Å². The highest BCUT2D eigenvalue weighted by Crippen LogP contribution is 2.25. The van der Waals surface area contributed by atoms with E-state index in [0.717, 1.165) is 9.58 Å². The van der Waals surface area contributed by atoms with E-state index in [9.17, 15) is 9.59 Å². The molecule has 0 aromatic carbocycles. The average Bonchev–Trinajstić information content (AvgIpc) is 2.83. The molecule has 0 saturated carbocycles. The Hall–Kier alpha value is -2.42. The summed E-state index contributed by atoms with van der Waals surface area (Å²) in [5, 5.41) is 13.3. The highest BCUT2D eigenvalue weighted by atomic mass is 32.1. The Morgan fingerprint density at radius 2 is 1.62 bits per heavy atom. The third-order valence-electron chi connectivity index (χ3n) is 2.76. The minimum absolute atomic E-state index is 0.306. The second kappa shape index (κ2) is 7.45. The van der Waals surface area contributed by atoms with Gasteiger partial charge in [0, 0.05) is 10.9 Å². The molecular formula is C17H24N4O4S. The number of amides is 2. The fraction of sp³-hybridized carbons (Fsp3) is 0.529. The first kappa shape index (κ1) is 19.9.